The van der Waals surface area contributed by atoms with Gasteiger partial charge in [0.05, 0.1) is 17.5 Å². The predicted molar refractivity (Wildman–Crippen MR) is 115 cm³/mol. The van der Waals surface area contributed by atoms with Gasteiger partial charge in [0.1, 0.15) is 16.8 Å². The van der Waals surface area contributed by atoms with Gasteiger partial charge in [0.15, 0.2) is 0 Å². The number of hydrogen-bond acceptors (Lipinski definition) is 4. The molecule has 0 aliphatic rings. The number of hydrogen-bond donors (Lipinski definition) is 2. The molecule has 0 aliphatic heterocycles. The van der Waals surface area contributed by atoms with Gasteiger partial charge in [-0.1, -0.05) is 60.7 Å². The fourth-order valence-corrected chi connectivity index (χ4v) is 3.25. The summed E-state index contributed by atoms with van der Waals surface area (Å²) in [5.74, 6) is -0.767. The molecule has 1 aromatic carbocycles. The first-order valence-electron chi connectivity index (χ1n) is 9.33. The van der Waals surface area contributed by atoms with Crippen LogP contribution in [0.5, 0.6) is 0 Å². The monoisotopic (exact) mass is 397 g/mol. The van der Waals surface area contributed by atoms with Gasteiger partial charge >= 0.3 is 0 Å². The molecular formula is C23H19N5O2. The number of fused-ring (bicyclic) bond motifs is 2. The van der Waals surface area contributed by atoms with Crippen molar-refractivity contribution in [3.63, 3.8) is 0 Å². The Morgan fingerprint density at radius 2 is 1.60 bits per heavy atom. The second kappa shape index (κ2) is 8.00. The summed E-state index contributed by atoms with van der Waals surface area (Å²) in [4.78, 5) is 29.6. The number of nitrogens with one attached hydrogen (secondary N) is 1. The molecule has 4 rings (SSSR count). The zero-order valence-corrected chi connectivity index (χ0v) is 16.0. The lowest BCUT2D eigenvalue weighted by atomic mass is 10.2. The third kappa shape index (κ3) is 3.56. The summed E-state index contributed by atoms with van der Waals surface area (Å²) in [6.07, 6.45) is 1.62. The van der Waals surface area contributed by atoms with Gasteiger partial charge < -0.3 is 10.3 Å². The normalized spacial score (nSPS) is 10.7. The quantitative estimate of drug-likeness (QED) is 0.519. The molecule has 30 heavy (non-hydrogen) atoms. The second-order valence-corrected chi connectivity index (χ2v) is 6.70. The number of rotatable bonds is 3. The Hall–Kier alpha value is -4.26. The number of carbonyl (C=O) groups excluding carboxylic acids is 1. The van der Waals surface area contributed by atoms with E-state index in [1.807, 2.05) is 54.6 Å². The Balaban J connectivity index is 2.06. The average Bonchev–Trinajstić information content (AvgIpc) is 2.74. The van der Waals surface area contributed by atoms with E-state index in [0.717, 1.165) is 5.56 Å². The van der Waals surface area contributed by atoms with E-state index in [0.29, 0.717) is 11.3 Å². The van der Waals surface area contributed by atoms with Gasteiger partial charge in [-0.25, -0.2) is 4.98 Å². The van der Waals surface area contributed by atoms with E-state index in [4.69, 9.17) is 11.1 Å². The molecule has 1 amide bonds. The van der Waals surface area contributed by atoms with Gasteiger partial charge in [0.25, 0.3) is 11.5 Å². The first-order chi connectivity index (χ1) is 14.6. The predicted octanol–water partition coefficient (Wildman–Crippen LogP) is 2.40. The maximum absolute atomic E-state index is 13.0. The van der Waals surface area contributed by atoms with Crippen LogP contribution in [0.15, 0.2) is 89.9 Å². The number of primary amides is 1. The Morgan fingerprint density at radius 3 is 2.27 bits per heavy atom. The molecule has 0 saturated heterocycles. The van der Waals surface area contributed by atoms with Crippen LogP contribution in [0.25, 0.3) is 16.7 Å². The molecule has 0 saturated carbocycles. The SMILES string of the molecule is N=c1c(C(N)=O)cc2c(=O)n3ccccc3nc2n1Cc1ccccccccc1. The van der Waals surface area contributed by atoms with Crippen LogP contribution in [0, 0.1) is 5.41 Å². The summed E-state index contributed by atoms with van der Waals surface area (Å²) in [5.41, 5.74) is 6.70. The highest BCUT2D eigenvalue weighted by Gasteiger charge is 2.16. The van der Waals surface area contributed by atoms with Crippen LogP contribution >= 0.6 is 0 Å². The minimum Gasteiger partial charge on any atom is -0.365 e. The summed E-state index contributed by atoms with van der Waals surface area (Å²) in [6, 6.07) is 23.7. The first-order valence-corrected chi connectivity index (χ1v) is 9.33. The zero-order chi connectivity index (χ0) is 21.1. The Morgan fingerprint density at radius 1 is 0.967 bits per heavy atom. The van der Waals surface area contributed by atoms with Crippen LogP contribution in [0.3, 0.4) is 0 Å². The van der Waals surface area contributed by atoms with Gasteiger partial charge in [-0.05, 0) is 23.8 Å². The van der Waals surface area contributed by atoms with E-state index >= 15 is 0 Å². The molecule has 7 heteroatoms. The molecule has 3 aromatic heterocycles. The Kier molecular flexibility index (Phi) is 5.09. The maximum atomic E-state index is 13.0. The Labute approximate surface area is 171 Å². The van der Waals surface area contributed by atoms with Crippen LogP contribution in [-0.2, 0) is 6.54 Å². The van der Waals surface area contributed by atoms with Crippen molar-refractivity contribution in [1.29, 1.82) is 5.41 Å². The lowest BCUT2D eigenvalue weighted by Crippen LogP contribution is -2.32. The minimum absolute atomic E-state index is 0.0277. The molecule has 0 unspecified atom stereocenters. The summed E-state index contributed by atoms with van der Waals surface area (Å²) in [5, 5.41) is 8.78. The lowest BCUT2D eigenvalue weighted by Gasteiger charge is -2.13. The van der Waals surface area contributed by atoms with Gasteiger partial charge in [0, 0.05) is 6.20 Å². The molecule has 3 N–H and O–H groups in total. The summed E-state index contributed by atoms with van der Waals surface area (Å²) < 4.78 is 2.95. The molecule has 0 bridgehead atoms. The van der Waals surface area contributed by atoms with Crippen LogP contribution in [0.1, 0.15) is 15.9 Å². The van der Waals surface area contributed by atoms with E-state index in [2.05, 4.69) is 4.98 Å². The number of amides is 1. The van der Waals surface area contributed by atoms with Crippen molar-refractivity contribution >= 4 is 22.6 Å². The summed E-state index contributed by atoms with van der Waals surface area (Å²) in [7, 11) is 0. The third-order valence-corrected chi connectivity index (χ3v) is 4.71. The highest BCUT2D eigenvalue weighted by atomic mass is 16.1. The van der Waals surface area contributed by atoms with Crippen molar-refractivity contribution in [1.82, 2.24) is 14.0 Å². The van der Waals surface area contributed by atoms with Crippen LogP contribution in [-0.4, -0.2) is 19.9 Å². The van der Waals surface area contributed by atoms with Gasteiger partial charge in [-0.3, -0.25) is 19.4 Å². The molecule has 4 aromatic rings. The van der Waals surface area contributed by atoms with Gasteiger partial charge in [0.2, 0.25) is 0 Å². The number of aromatic nitrogens is 3. The number of carbonyl (C=O) groups is 1. The molecule has 3 heterocycles. The topological polar surface area (TPSA) is 106 Å². The lowest BCUT2D eigenvalue weighted by molar-refractivity contribution is 0.0998. The average molecular weight is 397 g/mol. The summed E-state index contributed by atoms with van der Waals surface area (Å²) in [6.45, 7) is 0.240. The molecule has 148 valence electrons. The molecular weight excluding hydrogens is 378 g/mol. The van der Waals surface area contributed by atoms with Crippen molar-refractivity contribution in [3.05, 3.63) is 112 Å². The largest absolute Gasteiger partial charge is 0.365 e. The first kappa shape index (κ1) is 19.1. The molecule has 0 aliphatic carbocycles. The molecule has 7 nitrogen and oxygen atoms in total. The van der Waals surface area contributed by atoms with Crippen molar-refractivity contribution in [2.24, 2.45) is 5.73 Å². The van der Waals surface area contributed by atoms with E-state index in [1.165, 1.54) is 10.5 Å². The molecule has 0 fully saturated rings. The zero-order valence-electron chi connectivity index (χ0n) is 16.0. The number of nitrogens with two attached hydrogens (primary N) is 1. The molecule has 0 spiro atoms. The van der Waals surface area contributed by atoms with Crippen LogP contribution in [0.2, 0.25) is 0 Å². The van der Waals surface area contributed by atoms with Crippen molar-refractivity contribution < 1.29 is 4.79 Å². The number of nitrogens with zero attached hydrogens (tertiary/aromatic N) is 3. The summed E-state index contributed by atoms with van der Waals surface area (Å²) >= 11 is 0. The van der Waals surface area contributed by atoms with Crippen molar-refractivity contribution in [2.45, 2.75) is 6.54 Å². The number of pyridine rings is 2. The van der Waals surface area contributed by atoms with Gasteiger partial charge in [-0.2, -0.15) is 0 Å². The minimum atomic E-state index is -0.767. The second-order valence-electron chi connectivity index (χ2n) is 6.70. The van der Waals surface area contributed by atoms with E-state index in [9.17, 15) is 9.59 Å². The Bertz CT molecular complexity index is 1430. The van der Waals surface area contributed by atoms with E-state index < -0.39 is 5.91 Å². The highest BCUT2D eigenvalue weighted by molar-refractivity contribution is 5.95. The van der Waals surface area contributed by atoms with Crippen LogP contribution < -0.4 is 16.8 Å². The fourth-order valence-electron chi connectivity index (χ4n) is 3.25. The molecule has 0 radical (unpaired) electrons. The van der Waals surface area contributed by atoms with E-state index in [1.54, 1.807) is 29.0 Å². The maximum Gasteiger partial charge on any atom is 0.267 e. The van der Waals surface area contributed by atoms with E-state index in [-0.39, 0.29) is 28.5 Å². The molecule has 0 atom stereocenters. The van der Waals surface area contributed by atoms with Crippen LogP contribution in [0.4, 0.5) is 0 Å². The fraction of sp³-hybridized carbons (Fsp3) is 0.0435. The van der Waals surface area contributed by atoms with Crippen molar-refractivity contribution in [3.8, 4) is 0 Å². The standard InChI is InChI=1S/C23H19N5O2/c24-20-17(21(25)29)14-18-22(26-19-12-8-9-13-27(19)23(18)30)28(20)15-16-10-6-4-2-1-3-5-7-11-16/h1-14,24H,15H2,(H2,25,29). The highest BCUT2D eigenvalue weighted by Crippen LogP contribution is 2.12. The van der Waals surface area contributed by atoms with Gasteiger partial charge in [-0.15, -0.1) is 0 Å². The smallest absolute Gasteiger partial charge is 0.267 e. The van der Waals surface area contributed by atoms with Crippen molar-refractivity contribution in [2.75, 3.05) is 0 Å². The third-order valence-electron chi connectivity index (χ3n) is 4.71.